The van der Waals surface area contributed by atoms with Crippen LogP contribution < -0.4 is 5.73 Å². The second kappa shape index (κ2) is 4.26. The van der Waals surface area contributed by atoms with Gasteiger partial charge < -0.3 is 5.73 Å². The molecule has 1 aliphatic carbocycles. The molecular weight excluding hydrogens is 250 g/mol. The molecule has 1 aromatic carbocycles. The molecular formula is C13H18BrN. The van der Waals surface area contributed by atoms with Crippen LogP contribution in [-0.2, 0) is 5.54 Å². The van der Waals surface area contributed by atoms with Crippen molar-refractivity contribution >= 4 is 15.9 Å². The van der Waals surface area contributed by atoms with Gasteiger partial charge in [-0.15, -0.1) is 0 Å². The van der Waals surface area contributed by atoms with Crippen LogP contribution in [0.15, 0.2) is 22.7 Å². The summed E-state index contributed by atoms with van der Waals surface area (Å²) in [5, 5.41) is 0. The SMILES string of the molecule is Cc1ccc(Br)c(C2(N)CCCCC2)c1. The molecule has 0 aromatic heterocycles. The summed E-state index contributed by atoms with van der Waals surface area (Å²) in [5.74, 6) is 0. The zero-order valence-corrected chi connectivity index (χ0v) is 10.8. The third kappa shape index (κ3) is 2.26. The Morgan fingerprint density at radius 3 is 2.53 bits per heavy atom. The van der Waals surface area contributed by atoms with Crippen LogP contribution in [0.5, 0.6) is 0 Å². The van der Waals surface area contributed by atoms with Gasteiger partial charge in [0.2, 0.25) is 0 Å². The van der Waals surface area contributed by atoms with Gasteiger partial charge >= 0.3 is 0 Å². The molecule has 2 rings (SSSR count). The molecule has 0 atom stereocenters. The van der Waals surface area contributed by atoms with Crippen molar-refractivity contribution in [3.8, 4) is 0 Å². The van der Waals surface area contributed by atoms with Gasteiger partial charge in [0.15, 0.2) is 0 Å². The van der Waals surface area contributed by atoms with Crippen LogP contribution >= 0.6 is 15.9 Å². The van der Waals surface area contributed by atoms with Gasteiger partial charge in [-0.3, -0.25) is 0 Å². The standard InChI is InChI=1S/C13H18BrN/c1-10-5-6-12(14)11(9-10)13(15)7-3-2-4-8-13/h5-6,9H,2-4,7-8,15H2,1H3. The summed E-state index contributed by atoms with van der Waals surface area (Å²) in [7, 11) is 0. The van der Waals surface area contributed by atoms with E-state index in [-0.39, 0.29) is 5.54 Å². The summed E-state index contributed by atoms with van der Waals surface area (Å²) >= 11 is 3.62. The summed E-state index contributed by atoms with van der Waals surface area (Å²) in [6.45, 7) is 2.13. The van der Waals surface area contributed by atoms with Crippen LogP contribution in [0.1, 0.15) is 43.2 Å². The molecule has 0 amide bonds. The minimum Gasteiger partial charge on any atom is -0.321 e. The number of rotatable bonds is 1. The number of nitrogens with two attached hydrogens (primary N) is 1. The first-order chi connectivity index (χ1) is 7.12. The van der Waals surface area contributed by atoms with E-state index in [0.29, 0.717) is 0 Å². The lowest BCUT2D eigenvalue weighted by molar-refractivity contribution is 0.301. The van der Waals surface area contributed by atoms with E-state index in [0.717, 1.165) is 17.3 Å². The largest absolute Gasteiger partial charge is 0.321 e. The topological polar surface area (TPSA) is 26.0 Å². The molecule has 0 bridgehead atoms. The maximum Gasteiger partial charge on any atom is 0.0421 e. The van der Waals surface area contributed by atoms with E-state index in [4.69, 9.17) is 5.73 Å². The fraction of sp³-hybridized carbons (Fsp3) is 0.538. The highest BCUT2D eigenvalue weighted by Crippen LogP contribution is 2.38. The normalized spacial score (nSPS) is 20.2. The van der Waals surface area contributed by atoms with Gasteiger partial charge in [-0.2, -0.15) is 0 Å². The van der Waals surface area contributed by atoms with Crippen molar-refractivity contribution in [2.45, 2.75) is 44.6 Å². The number of hydrogen-bond acceptors (Lipinski definition) is 1. The Morgan fingerprint density at radius 2 is 1.87 bits per heavy atom. The Labute approximate surface area is 100 Å². The molecule has 1 aromatic rings. The van der Waals surface area contributed by atoms with E-state index in [1.165, 1.54) is 30.4 Å². The molecule has 0 unspecified atom stereocenters. The highest BCUT2D eigenvalue weighted by atomic mass is 79.9. The van der Waals surface area contributed by atoms with E-state index < -0.39 is 0 Å². The first-order valence-electron chi connectivity index (χ1n) is 5.67. The maximum absolute atomic E-state index is 6.52. The Morgan fingerprint density at radius 1 is 1.20 bits per heavy atom. The number of benzene rings is 1. The highest BCUT2D eigenvalue weighted by molar-refractivity contribution is 9.10. The molecule has 0 aliphatic heterocycles. The monoisotopic (exact) mass is 267 g/mol. The number of halogens is 1. The predicted molar refractivity (Wildman–Crippen MR) is 67.8 cm³/mol. The van der Waals surface area contributed by atoms with Crippen LogP contribution in [0.3, 0.4) is 0 Å². The van der Waals surface area contributed by atoms with Crippen molar-refractivity contribution in [2.24, 2.45) is 5.73 Å². The summed E-state index contributed by atoms with van der Waals surface area (Å²) in [4.78, 5) is 0. The molecule has 15 heavy (non-hydrogen) atoms. The molecule has 2 heteroatoms. The van der Waals surface area contributed by atoms with Crippen LogP contribution in [0.2, 0.25) is 0 Å². The quantitative estimate of drug-likeness (QED) is 0.821. The molecule has 1 saturated carbocycles. The van der Waals surface area contributed by atoms with Crippen LogP contribution in [-0.4, -0.2) is 0 Å². The zero-order valence-electron chi connectivity index (χ0n) is 9.22. The van der Waals surface area contributed by atoms with Gasteiger partial charge in [0.25, 0.3) is 0 Å². The highest BCUT2D eigenvalue weighted by Gasteiger charge is 2.30. The van der Waals surface area contributed by atoms with E-state index in [1.54, 1.807) is 0 Å². The van der Waals surface area contributed by atoms with Crippen molar-refractivity contribution in [1.82, 2.24) is 0 Å². The molecule has 0 heterocycles. The molecule has 1 nitrogen and oxygen atoms in total. The van der Waals surface area contributed by atoms with Gasteiger partial charge in [0.05, 0.1) is 0 Å². The van der Waals surface area contributed by atoms with Gasteiger partial charge in [0.1, 0.15) is 0 Å². The maximum atomic E-state index is 6.52. The van der Waals surface area contributed by atoms with E-state index in [1.807, 2.05) is 0 Å². The van der Waals surface area contributed by atoms with Gasteiger partial charge in [0, 0.05) is 10.0 Å². The lowest BCUT2D eigenvalue weighted by Gasteiger charge is -2.35. The number of aryl methyl sites for hydroxylation is 1. The molecule has 0 spiro atoms. The van der Waals surface area contributed by atoms with E-state index in [2.05, 4.69) is 41.1 Å². The molecule has 0 radical (unpaired) electrons. The summed E-state index contributed by atoms with van der Waals surface area (Å²) in [6.07, 6.45) is 6.10. The van der Waals surface area contributed by atoms with Crippen LogP contribution in [0.4, 0.5) is 0 Å². The first-order valence-corrected chi connectivity index (χ1v) is 6.47. The van der Waals surface area contributed by atoms with Gasteiger partial charge in [-0.25, -0.2) is 0 Å². The number of hydrogen-bond donors (Lipinski definition) is 1. The smallest absolute Gasteiger partial charge is 0.0421 e. The Kier molecular flexibility index (Phi) is 3.17. The van der Waals surface area contributed by atoms with Gasteiger partial charge in [-0.1, -0.05) is 52.9 Å². The Hall–Kier alpha value is -0.340. The minimum absolute atomic E-state index is 0.0941. The van der Waals surface area contributed by atoms with E-state index >= 15 is 0 Å². The lowest BCUT2D eigenvalue weighted by atomic mass is 9.77. The van der Waals surface area contributed by atoms with Crippen LogP contribution in [0.25, 0.3) is 0 Å². The molecule has 1 aliphatic rings. The fourth-order valence-electron chi connectivity index (χ4n) is 2.47. The van der Waals surface area contributed by atoms with Crippen molar-refractivity contribution in [2.75, 3.05) is 0 Å². The predicted octanol–water partition coefficient (Wildman–Crippen LogP) is 3.88. The third-order valence-electron chi connectivity index (χ3n) is 3.40. The Balaban J connectivity index is 2.38. The van der Waals surface area contributed by atoms with Crippen molar-refractivity contribution in [1.29, 1.82) is 0 Å². The van der Waals surface area contributed by atoms with E-state index in [9.17, 15) is 0 Å². The fourth-order valence-corrected chi connectivity index (χ4v) is 3.11. The molecule has 2 N–H and O–H groups in total. The molecule has 0 saturated heterocycles. The van der Waals surface area contributed by atoms with Crippen molar-refractivity contribution in [3.05, 3.63) is 33.8 Å². The zero-order chi connectivity index (χ0) is 10.9. The summed E-state index contributed by atoms with van der Waals surface area (Å²) < 4.78 is 1.16. The second-order valence-electron chi connectivity index (χ2n) is 4.70. The minimum atomic E-state index is -0.0941. The summed E-state index contributed by atoms with van der Waals surface area (Å²) in [6, 6.07) is 6.48. The van der Waals surface area contributed by atoms with Gasteiger partial charge in [-0.05, 0) is 31.4 Å². The lowest BCUT2D eigenvalue weighted by Crippen LogP contribution is -2.38. The average Bonchev–Trinajstić information content (AvgIpc) is 2.23. The first kappa shape index (κ1) is 11.2. The third-order valence-corrected chi connectivity index (χ3v) is 4.10. The second-order valence-corrected chi connectivity index (χ2v) is 5.55. The van der Waals surface area contributed by atoms with Crippen molar-refractivity contribution in [3.63, 3.8) is 0 Å². The Bertz CT molecular complexity index is 354. The molecule has 1 fully saturated rings. The molecule has 82 valence electrons. The average molecular weight is 268 g/mol. The summed E-state index contributed by atoms with van der Waals surface area (Å²) in [5.41, 5.74) is 9.01. The van der Waals surface area contributed by atoms with Crippen molar-refractivity contribution < 1.29 is 0 Å². The van der Waals surface area contributed by atoms with Crippen LogP contribution in [0, 0.1) is 6.92 Å².